The van der Waals surface area contributed by atoms with Crippen LogP contribution in [0, 0.1) is 17.6 Å². The van der Waals surface area contributed by atoms with E-state index in [1.165, 1.54) is 4.90 Å². The molecule has 1 atom stereocenters. The summed E-state index contributed by atoms with van der Waals surface area (Å²) in [7, 11) is 0. The Morgan fingerprint density at radius 2 is 1.86 bits per heavy atom. The van der Waals surface area contributed by atoms with Crippen molar-refractivity contribution in [3.05, 3.63) is 65.0 Å². The van der Waals surface area contributed by atoms with E-state index in [4.69, 9.17) is 5.73 Å². The average molecular weight is 413 g/mol. The summed E-state index contributed by atoms with van der Waals surface area (Å²) in [6.45, 7) is 0.758. The molecular weight excluding hydrogens is 393 g/mol. The molecule has 1 aliphatic heterocycles. The van der Waals surface area contributed by atoms with Gasteiger partial charge in [-0.15, -0.1) is 0 Å². The average Bonchev–Trinajstić information content (AvgIpc) is 2.69. The number of hydrogen-bond donors (Lipinski definition) is 1. The zero-order valence-corrected chi connectivity index (χ0v) is 15.4. The number of nitrogens with two attached hydrogens (primary N) is 1. The molecule has 0 bridgehead atoms. The van der Waals surface area contributed by atoms with Gasteiger partial charge in [0, 0.05) is 25.3 Å². The lowest BCUT2D eigenvalue weighted by Crippen LogP contribution is -2.44. The Labute approximate surface area is 164 Å². The van der Waals surface area contributed by atoms with Crippen LogP contribution in [-0.2, 0) is 12.6 Å². The number of benzene rings is 1. The third kappa shape index (κ3) is 5.09. The molecule has 3 rings (SSSR count). The SMILES string of the molecule is N[C@H](Cc1cc(F)ccc1F)C1CCN(C(=O)c2ccc(C(F)(F)F)nc2)CC1. The molecule has 0 unspecified atom stereocenters. The summed E-state index contributed by atoms with van der Waals surface area (Å²) in [5.41, 5.74) is 5.43. The highest BCUT2D eigenvalue weighted by Gasteiger charge is 2.33. The zero-order valence-electron chi connectivity index (χ0n) is 15.4. The van der Waals surface area contributed by atoms with Crippen molar-refractivity contribution in [2.45, 2.75) is 31.5 Å². The van der Waals surface area contributed by atoms with E-state index in [1.807, 2.05) is 0 Å². The van der Waals surface area contributed by atoms with Gasteiger partial charge >= 0.3 is 6.18 Å². The van der Waals surface area contributed by atoms with Crippen LogP contribution in [-0.4, -0.2) is 34.9 Å². The number of nitrogens with zero attached hydrogens (tertiary/aromatic N) is 2. The highest BCUT2D eigenvalue weighted by Crippen LogP contribution is 2.28. The number of amides is 1. The van der Waals surface area contributed by atoms with E-state index in [0.717, 1.165) is 36.5 Å². The molecule has 4 nitrogen and oxygen atoms in total. The van der Waals surface area contributed by atoms with Crippen LogP contribution in [0.5, 0.6) is 0 Å². The molecule has 29 heavy (non-hydrogen) atoms. The molecule has 2 N–H and O–H groups in total. The van der Waals surface area contributed by atoms with Gasteiger partial charge in [-0.25, -0.2) is 8.78 Å². The van der Waals surface area contributed by atoms with Gasteiger partial charge in [0.2, 0.25) is 0 Å². The number of likely N-dealkylation sites (tertiary alicyclic amines) is 1. The van der Waals surface area contributed by atoms with Crippen molar-refractivity contribution in [1.29, 1.82) is 0 Å². The van der Waals surface area contributed by atoms with Gasteiger partial charge in [-0.05, 0) is 61.1 Å². The van der Waals surface area contributed by atoms with Crippen molar-refractivity contribution >= 4 is 5.91 Å². The quantitative estimate of drug-likeness (QED) is 0.776. The third-order valence-corrected chi connectivity index (χ3v) is 5.20. The predicted molar refractivity (Wildman–Crippen MR) is 95.9 cm³/mol. The van der Waals surface area contributed by atoms with E-state index in [1.54, 1.807) is 0 Å². The maximum Gasteiger partial charge on any atom is 0.433 e. The second-order valence-electron chi connectivity index (χ2n) is 7.16. The lowest BCUT2D eigenvalue weighted by molar-refractivity contribution is -0.141. The standard InChI is InChI=1S/C20H20F5N3O/c21-15-2-3-16(22)14(9-15)10-17(26)12-5-7-28(8-6-12)19(29)13-1-4-18(27-11-13)20(23,24)25/h1-4,9,11-12,17H,5-8,10,26H2/t17-/m1/s1. The number of pyridine rings is 1. The highest BCUT2D eigenvalue weighted by molar-refractivity contribution is 5.94. The molecule has 2 aromatic rings. The van der Waals surface area contributed by atoms with Crippen molar-refractivity contribution in [2.75, 3.05) is 13.1 Å². The molecule has 0 saturated carbocycles. The second kappa shape index (κ2) is 8.44. The lowest BCUT2D eigenvalue weighted by Gasteiger charge is -2.35. The first-order valence-corrected chi connectivity index (χ1v) is 9.17. The molecular formula is C20H20F5N3O. The Kier molecular flexibility index (Phi) is 6.16. The summed E-state index contributed by atoms with van der Waals surface area (Å²) in [6.07, 6.45) is -2.31. The molecule has 1 aliphatic rings. The van der Waals surface area contributed by atoms with E-state index < -0.39 is 35.5 Å². The van der Waals surface area contributed by atoms with Crippen LogP contribution >= 0.6 is 0 Å². The number of piperidine rings is 1. The normalized spacial score (nSPS) is 16.7. The molecule has 1 saturated heterocycles. The second-order valence-corrected chi connectivity index (χ2v) is 7.16. The Balaban J connectivity index is 1.57. The van der Waals surface area contributed by atoms with Gasteiger partial charge in [-0.3, -0.25) is 9.78 Å². The highest BCUT2D eigenvalue weighted by atomic mass is 19.4. The first kappa shape index (κ1) is 21.2. The Morgan fingerprint density at radius 1 is 1.17 bits per heavy atom. The van der Waals surface area contributed by atoms with Gasteiger partial charge in [-0.2, -0.15) is 13.2 Å². The number of halogens is 5. The zero-order chi connectivity index (χ0) is 21.2. The van der Waals surface area contributed by atoms with Gasteiger partial charge in [0.05, 0.1) is 5.56 Å². The lowest BCUT2D eigenvalue weighted by atomic mass is 9.86. The Hall–Kier alpha value is -2.55. The summed E-state index contributed by atoms with van der Waals surface area (Å²) in [5, 5.41) is 0. The minimum Gasteiger partial charge on any atom is -0.339 e. The van der Waals surface area contributed by atoms with Crippen LogP contribution in [0.4, 0.5) is 22.0 Å². The molecule has 1 amide bonds. The first-order chi connectivity index (χ1) is 13.6. The molecule has 0 spiro atoms. The summed E-state index contributed by atoms with van der Waals surface area (Å²) in [5.74, 6) is -1.41. The van der Waals surface area contributed by atoms with Crippen LogP contribution in [0.25, 0.3) is 0 Å². The fraction of sp³-hybridized carbons (Fsp3) is 0.400. The number of alkyl halides is 3. The third-order valence-electron chi connectivity index (χ3n) is 5.20. The number of carbonyl (C=O) groups is 1. The molecule has 1 aromatic heterocycles. The van der Waals surface area contributed by atoms with Crippen LogP contribution in [0.1, 0.15) is 34.5 Å². The van der Waals surface area contributed by atoms with E-state index in [-0.39, 0.29) is 23.5 Å². The summed E-state index contributed by atoms with van der Waals surface area (Å²) in [6, 6.07) is 4.75. The van der Waals surface area contributed by atoms with E-state index in [9.17, 15) is 26.7 Å². The van der Waals surface area contributed by atoms with Crippen molar-refractivity contribution in [3.8, 4) is 0 Å². The summed E-state index contributed by atoms with van der Waals surface area (Å²) in [4.78, 5) is 17.3. The first-order valence-electron chi connectivity index (χ1n) is 9.17. The van der Waals surface area contributed by atoms with E-state index in [0.29, 0.717) is 25.9 Å². The minimum atomic E-state index is -4.56. The predicted octanol–water partition coefficient (Wildman–Crippen LogP) is 3.80. The topological polar surface area (TPSA) is 59.2 Å². The maximum absolute atomic E-state index is 13.8. The molecule has 1 fully saturated rings. The smallest absolute Gasteiger partial charge is 0.339 e. The Bertz CT molecular complexity index is 861. The van der Waals surface area contributed by atoms with Crippen molar-refractivity contribution in [1.82, 2.24) is 9.88 Å². The van der Waals surface area contributed by atoms with Crippen molar-refractivity contribution in [2.24, 2.45) is 11.7 Å². The minimum absolute atomic E-state index is 0.0208. The maximum atomic E-state index is 13.8. The number of rotatable bonds is 4. The molecule has 9 heteroatoms. The monoisotopic (exact) mass is 413 g/mol. The largest absolute Gasteiger partial charge is 0.433 e. The molecule has 0 aliphatic carbocycles. The molecule has 0 radical (unpaired) electrons. The Morgan fingerprint density at radius 3 is 2.45 bits per heavy atom. The van der Waals surface area contributed by atoms with Crippen LogP contribution < -0.4 is 5.73 Å². The summed E-state index contributed by atoms with van der Waals surface area (Å²) >= 11 is 0. The van der Waals surface area contributed by atoms with Gasteiger partial charge in [-0.1, -0.05) is 0 Å². The van der Waals surface area contributed by atoms with Crippen molar-refractivity contribution in [3.63, 3.8) is 0 Å². The van der Waals surface area contributed by atoms with Crippen molar-refractivity contribution < 1.29 is 26.7 Å². The fourth-order valence-corrected chi connectivity index (χ4v) is 3.52. The molecule has 2 heterocycles. The number of hydrogen-bond acceptors (Lipinski definition) is 3. The number of aromatic nitrogens is 1. The molecule has 156 valence electrons. The van der Waals surface area contributed by atoms with Crippen LogP contribution in [0.15, 0.2) is 36.5 Å². The van der Waals surface area contributed by atoms with Crippen LogP contribution in [0.3, 0.4) is 0 Å². The summed E-state index contributed by atoms with van der Waals surface area (Å²) < 4.78 is 64.9. The number of carbonyl (C=O) groups excluding carboxylic acids is 1. The fourth-order valence-electron chi connectivity index (χ4n) is 3.52. The van der Waals surface area contributed by atoms with E-state index in [2.05, 4.69) is 4.98 Å². The van der Waals surface area contributed by atoms with Gasteiger partial charge in [0.15, 0.2) is 0 Å². The van der Waals surface area contributed by atoms with E-state index >= 15 is 0 Å². The van der Waals surface area contributed by atoms with Crippen LogP contribution in [0.2, 0.25) is 0 Å². The molecule has 1 aromatic carbocycles. The van der Waals surface area contributed by atoms with Gasteiger partial charge < -0.3 is 10.6 Å². The van der Waals surface area contributed by atoms with Gasteiger partial charge in [0.25, 0.3) is 5.91 Å². The van der Waals surface area contributed by atoms with Gasteiger partial charge in [0.1, 0.15) is 17.3 Å².